The fourth-order valence-corrected chi connectivity index (χ4v) is 5.45. The highest BCUT2D eigenvalue weighted by Gasteiger charge is 2.53. The number of fused-ring (bicyclic) bond motifs is 1. The maximum atomic E-state index is 12.7. The zero-order valence-corrected chi connectivity index (χ0v) is 21.8. The van der Waals surface area contributed by atoms with Crippen LogP contribution in [0.4, 0.5) is 5.82 Å². The molecule has 3 atom stereocenters. The molecule has 2 saturated heterocycles. The van der Waals surface area contributed by atoms with Crippen LogP contribution in [0, 0.1) is 11.3 Å². The SMILES string of the molecule is CCCCCCC(C)C(=O)OC1NCC12CCN(c1nc(Cl)nc3cc(Br)c(OC)cc13)C2. The standard InChI is InChI=1S/C24H32BrClN4O3/c1-4-5-6-7-8-15(2)21(31)33-22-24(13-27-22)9-10-30(14-24)20-16-11-19(32-3)17(25)12-18(16)28-23(26)29-20/h11-12,15,22,27H,4-10,13-14H2,1-3H3. The minimum atomic E-state index is -0.264. The zero-order chi connectivity index (χ0) is 23.6. The van der Waals surface area contributed by atoms with Gasteiger partial charge in [0.1, 0.15) is 11.6 Å². The number of carbonyl (C=O) groups is 1. The molecule has 0 bridgehead atoms. The molecule has 180 valence electrons. The lowest BCUT2D eigenvalue weighted by Crippen LogP contribution is -2.65. The number of aromatic nitrogens is 2. The molecule has 7 nitrogen and oxygen atoms in total. The number of hydrogen-bond acceptors (Lipinski definition) is 7. The third kappa shape index (κ3) is 5.08. The number of hydrogen-bond donors (Lipinski definition) is 1. The van der Waals surface area contributed by atoms with Gasteiger partial charge < -0.3 is 14.4 Å². The second kappa shape index (κ2) is 10.3. The van der Waals surface area contributed by atoms with Gasteiger partial charge in [0, 0.05) is 25.0 Å². The average Bonchev–Trinajstić information content (AvgIpc) is 3.26. The number of benzene rings is 1. The number of anilines is 1. The summed E-state index contributed by atoms with van der Waals surface area (Å²) >= 11 is 9.78. The molecule has 2 aliphatic rings. The fourth-order valence-electron chi connectivity index (χ4n) is 4.79. The first-order valence-corrected chi connectivity index (χ1v) is 12.9. The summed E-state index contributed by atoms with van der Waals surface area (Å²) in [6, 6.07) is 3.83. The molecule has 1 aromatic carbocycles. The minimum Gasteiger partial charge on any atom is -0.496 e. The van der Waals surface area contributed by atoms with Crippen LogP contribution in [-0.4, -0.2) is 48.9 Å². The zero-order valence-electron chi connectivity index (χ0n) is 19.5. The molecule has 4 rings (SSSR count). The lowest BCUT2D eigenvalue weighted by Gasteiger charge is -2.47. The van der Waals surface area contributed by atoms with Gasteiger partial charge in [0.05, 0.1) is 28.4 Å². The van der Waals surface area contributed by atoms with Crippen molar-refractivity contribution in [3.05, 3.63) is 21.9 Å². The third-order valence-corrected chi connectivity index (χ3v) is 7.72. The molecular weight excluding hydrogens is 508 g/mol. The summed E-state index contributed by atoms with van der Waals surface area (Å²) in [5.74, 6) is 1.32. The minimum absolute atomic E-state index is 0.0747. The molecule has 2 aromatic rings. The number of unbranched alkanes of at least 4 members (excludes halogenated alkanes) is 3. The summed E-state index contributed by atoms with van der Waals surface area (Å²) in [6.45, 7) is 6.53. The van der Waals surface area contributed by atoms with Gasteiger partial charge in [-0.15, -0.1) is 0 Å². The van der Waals surface area contributed by atoms with Crippen LogP contribution in [-0.2, 0) is 9.53 Å². The number of methoxy groups -OCH3 is 1. The monoisotopic (exact) mass is 538 g/mol. The lowest BCUT2D eigenvalue weighted by molar-refractivity contribution is -0.174. The van der Waals surface area contributed by atoms with Gasteiger partial charge in [0.2, 0.25) is 5.28 Å². The first-order valence-electron chi connectivity index (χ1n) is 11.8. The van der Waals surface area contributed by atoms with Crippen molar-refractivity contribution in [3.63, 3.8) is 0 Å². The molecule has 33 heavy (non-hydrogen) atoms. The highest BCUT2D eigenvalue weighted by atomic mass is 79.9. The second-order valence-corrected chi connectivity index (χ2v) is 10.5. The van der Waals surface area contributed by atoms with Crippen molar-refractivity contribution in [2.75, 3.05) is 31.6 Å². The predicted molar refractivity (Wildman–Crippen MR) is 134 cm³/mol. The Balaban J connectivity index is 1.46. The molecule has 1 N–H and O–H groups in total. The Morgan fingerprint density at radius 1 is 1.36 bits per heavy atom. The number of halogens is 2. The van der Waals surface area contributed by atoms with Crippen molar-refractivity contribution in [2.24, 2.45) is 11.3 Å². The molecule has 0 radical (unpaired) electrons. The molecule has 3 unspecified atom stereocenters. The topological polar surface area (TPSA) is 76.6 Å². The summed E-state index contributed by atoms with van der Waals surface area (Å²) < 4.78 is 12.2. The third-order valence-electron chi connectivity index (χ3n) is 6.93. The van der Waals surface area contributed by atoms with E-state index in [1.807, 2.05) is 19.1 Å². The summed E-state index contributed by atoms with van der Waals surface area (Å²) in [5.41, 5.74) is 0.645. The van der Waals surface area contributed by atoms with E-state index in [9.17, 15) is 4.79 Å². The van der Waals surface area contributed by atoms with E-state index < -0.39 is 0 Å². The molecule has 0 amide bonds. The van der Waals surface area contributed by atoms with Crippen LogP contribution in [0.25, 0.3) is 10.9 Å². The Labute approximate surface area is 208 Å². The van der Waals surface area contributed by atoms with E-state index >= 15 is 0 Å². The Hall–Kier alpha value is -1.64. The second-order valence-electron chi connectivity index (χ2n) is 9.30. The van der Waals surface area contributed by atoms with Gasteiger partial charge in [-0.1, -0.05) is 39.5 Å². The van der Waals surface area contributed by atoms with Crippen LogP contribution < -0.4 is 15.0 Å². The highest BCUT2D eigenvalue weighted by molar-refractivity contribution is 9.10. The smallest absolute Gasteiger partial charge is 0.310 e. The molecule has 0 saturated carbocycles. The normalized spacial score (nSPS) is 23.1. The van der Waals surface area contributed by atoms with Crippen molar-refractivity contribution in [1.82, 2.24) is 15.3 Å². The Morgan fingerprint density at radius 2 is 2.18 bits per heavy atom. The largest absolute Gasteiger partial charge is 0.496 e. The van der Waals surface area contributed by atoms with Gasteiger partial charge in [-0.05, 0) is 52.5 Å². The van der Waals surface area contributed by atoms with Crippen molar-refractivity contribution < 1.29 is 14.3 Å². The number of rotatable bonds is 9. The predicted octanol–water partition coefficient (Wildman–Crippen LogP) is 5.33. The molecule has 1 aromatic heterocycles. The van der Waals surface area contributed by atoms with Crippen molar-refractivity contribution in [2.45, 2.75) is 58.6 Å². The molecule has 2 aliphatic heterocycles. The number of nitrogens with one attached hydrogen (secondary N) is 1. The van der Waals surface area contributed by atoms with Gasteiger partial charge in [-0.3, -0.25) is 10.1 Å². The molecule has 9 heteroatoms. The molecule has 3 heterocycles. The average molecular weight is 540 g/mol. The fraction of sp³-hybridized carbons (Fsp3) is 0.625. The summed E-state index contributed by atoms with van der Waals surface area (Å²) in [7, 11) is 1.64. The first-order chi connectivity index (χ1) is 15.9. The van der Waals surface area contributed by atoms with E-state index in [0.29, 0.717) is 5.75 Å². The number of ether oxygens (including phenoxy) is 2. The quantitative estimate of drug-likeness (QED) is 0.262. The van der Waals surface area contributed by atoms with Crippen LogP contribution >= 0.6 is 27.5 Å². The van der Waals surface area contributed by atoms with Gasteiger partial charge >= 0.3 is 5.97 Å². The van der Waals surface area contributed by atoms with Crippen molar-refractivity contribution in [1.29, 1.82) is 0 Å². The van der Waals surface area contributed by atoms with Crippen molar-refractivity contribution in [3.8, 4) is 5.75 Å². The highest BCUT2D eigenvalue weighted by Crippen LogP contribution is 2.43. The van der Waals surface area contributed by atoms with Gasteiger partial charge in [0.25, 0.3) is 0 Å². The van der Waals surface area contributed by atoms with Crippen LogP contribution in [0.5, 0.6) is 5.75 Å². The van der Waals surface area contributed by atoms with E-state index in [2.05, 4.69) is 43.0 Å². The van der Waals surface area contributed by atoms with Gasteiger partial charge in [-0.25, -0.2) is 4.98 Å². The summed E-state index contributed by atoms with van der Waals surface area (Å²) in [6.07, 6.45) is 6.19. The van der Waals surface area contributed by atoms with E-state index in [1.165, 1.54) is 19.3 Å². The Bertz CT molecular complexity index is 1020. The maximum absolute atomic E-state index is 12.7. The summed E-state index contributed by atoms with van der Waals surface area (Å²) in [5, 5.41) is 4.43. The van der Waals surface area contributed by atoms with E-state index in [4.69, 9.17) is 21.1 Å². The van der Waals surface area contributed by atoms with Crippen LogP contribution in [0.2, 0.25) is 5.28 Å². The van der Waals surface area contributed by atoms with Crippen LogP contribution in [0.1, 0.15) is 52.4 Å². The Kier molecular flexibility index (Phi) is 7.66. The number of esters is 1. The van der Waals surface area contributed by atoms with Crippen molar-refractivity contribution >= 4 is 50.2 Å². The molecule has 2 fully saturated rings. The first kappa shape index (κ1) is 24.5. The maximum Gasteiger partial charge on any atom is 0.310 e. The van der Waals surface area contributed by atoms with Crippen LogP contribution in [0.15, 0.2) is 16.6 Å². The van der Waals surface area contributed by atoms with E-state index in [-0.39, 0.29) is 28.8 Å². The number of nitrogens with zero attached hydrogens (tertiary/aromatic N) is 3. The van der Waals surface area contributed by atoms with E-state index in [0.717, 1.165) is 60.1 Å². The van der Waals surface area contributed by atoms with Crippen LogP contribution in [0.3, 0.4) is 0 Å². The lowest BCUT2D eigenvalue weighted by atomic mass is 9.78. The van der Waals surface area contributed by atoms with Gasteiger partial charge in [-0.2, -0.15) is 4.98 Å². The molecular formula is C24H32BrClN4O3. The summed E-state index contributed by atoms with van der Waals surface area (Å²) in [4.78, 5) is 23.9. The van der Waals surface area contributed by atoms with Gasteiger partial charge in [0.15, 0.2) is 6.23 Å². The molecule has 1 spiro atoms. The molecule has 0 aliphatic carbocycles. The number of carbonyl (C=O) groups excluding carboxylic acids is 1. The Morgan fingerprint density at radius 3 is 2.88 bits per heavy atom. The van der Waals surface area contributed by atoms with E-state index in [1.54, 1.807) is 7.11 Å².